The number of nitrogens with zero attached hydrogens (tertiary/aromatic N) is 5. The number of nitrogens with one attached hydrogen (secondary N) is 2. The molecule has 0 saturated carbocycles. The average Bonchev–Trinajstić information content (AvgIpc) is 3.53. The number of hydrogen-bond acceptors (Lipinski definition) is 7. The number of piperazine rings is 1. The van der Waals surface area contributed by atoms with Crippen LogP contribution in [0.4, 0.5) is 17.2 Å². The van der Waals surface area contributed by atoms with Crippen molar-refractivity contribution in [2.75, 3.05) is 43.4 Å². The minimum atomic E-state index is 0.682. The number of benzene rings is 2. The third-order valence-corrected chi connectivity index (χ3v) is 7.41. The summed E-state index contributed by atoms with van der Waals surface area (Å²) in [6.07, 6.45) is 1.58. The van der Waals surface area contributed by atoms with E-state index in [9.17, 15) is 0 Å². The van der Waals surface area contributed by atoms with Gasteiger partial charge in [-0.2, -0.15) is 0 Å². The van der Waals surface area contributed by atoms with Gasteiger partial charge in [-0.15, -0.1) is 21.5 Å². The summed E-state index contributed by atoms with van der Waals surface area (Å²) in [5.41, 5.74) is 3.78. The van der Waals surface area contributed by atoms with E-state index in [1.165, 1.54) is 0 Å². The van der Waals surface area contributed by atoms with Gasteiger partial charge in [0, 0.05) is 48.2 Å². The molecule has 2 N–H and O–H groups in total. The Labute approximate surface area is 200 Å². The van der Waals surface area contributed by atoms with E-state index in [1.807, 2.05) is 24.3 Å². The number of H-pyrrole nitrogens is 1. The number of fused-ring (bicyclic) bond motifs is 3. The van der Waals surface area contributed by atoms with Crippen LogP contribution in [-0.2, 0) is 0 Å². The van der Waals surface area contributed by atoms with E-state index in [2.05, 4.69) is 60.9 Å². The first-order valence-electron chi connectivity index (χ1n) is 10.8. The lowest BCUT2D eigenvalue weighted by molar-refractivity contribution is 0.313. The van der Waals surface area contributed by atoms with Gasteiger partial charge < -0.3 is 20.1 Å². The first-order chi connectivity index (χ1) is 16.2. The van der Waals surface area contributed by atoms with Crippen LogP contribution >= 0.6 is 22.9 Å². The molecule has 0 unspecified atom stereocenters. The van der Waals surface area contributed by atoms with Crippen LogP contribution in [0, 0.1) is 0 Å². The van der Waals surface area contributed by atoms with Crippen LogP contribution in [0.1, 0.15) is 0 Å². The summed E-state index contributed by atoms with van der Waals surface area (Å²) < 4.78 is 1.09. The Morgan fingerprint density at radius 2 is 1.94 bits per heavy atom. The minimum Gasteiger partial charge on any atom is -0.369 e. The molecule has 0 radical (unpaired) electrons. The van der Waals surface area contributed by atoms with Gasteiger partial charge in [-0.05, 0) is 42.8 Å². The van der Waals surface area contributed by atoms with E-state index < -0.39 is 0 Å². The summed E-state index contributed by atoms with van der Waals surface area (Å²) in [5.74, 6) is 1.48. The van der Waals surface area contributed by atoms with E-state index in [0.717, 1.165) is 69.9 Å². The van der Waals surface area contributed by atoms with Gasteiger partial charge in [0.25, 0.3) is 0 Å². The summed E-state index contributed by atoms with van der Waals surface area (Å²) in [4.78, 5) is 12.8. The third kappa shape index (κ3) is 3.70. The van der Waals surface area contributed by atoms with Crippen LogP contribution < -0.4 is 10.2 Å². The van der Waals surface area contributed by atoms with Gasteiger partial charge in [0.05, 0.1) is 20.9 Å². The number of hydrogen-bond donors (Lipinski definition) is 2. The van der Waals surface area contributed by atoms with Crippen molar-refractivity contribution in [1.82, 2.24) is 25.1 Å². The molecule has 4 heterocycles. The summed E-state index contributed by atoms with van der Waals surface area (Å²) in [6, 6.07) is 14.5. The standard InChI is InChI=1S/C24H22ClN7S/c1-31-8-10-32(11-9-31)15-5-6-20(19(25)13-15)28-24-22-17(7-12-33-22)16-3-2-4-18(21(16)29-24)23-26-14-27-30-23/h2-7,12-14H,8-11H2,1H3,(H,28,29)(H,26,27,30). The average molecular weight is 476 g/mol. The summed E-state index contributed by atoms with van der Waals surface area (Å²) in [5, 5.41) is 16.6. The molecule has 6 rings (SSSR count). The molecule has 1 fully saturated rings. The maximum Gasteiger partial charge on any atom is 0.163 e. The molecule has 1 aliphatic heterocycles. The second-order valence-corrected chi connectivity index (χ2v) is 9.57. The van der Waals surface area contributed by atoms with E-state index in [1.54, 1.807) is 17.7 Å². The third-order valence-electron chi connectivity index (χ3n) is 6.18. The molecule has 0 atom stereocenters. The van der Waals surface area contributed by atoms with Crippen LogP contribution in [0.2, 0.25) is 5.02 Å². The van der Waals surface area contributed by atoms with Crippen molar-refractivity contribution in [3.63, 3.8) is 0 Å². The Balaban J connectivity index is 1.40. The van der Waals surface area contributed by atoms with Crippen molar-refractivity contribution in [3.05, 3.63) is 59.2 Å². The highest BCUT2D eigenvalue weighted by atomic mass is 35.5. The normalized spacial score (nSPS) is 14.9. The predicted octanol–water partition coefficient (Wildman–Crippen LogP) is 5.38. The molecular formula is C24H22ClN7S. The minimum absolute atomic E-state index is 0.682. The van der Waals surface area contributed by atoms with Gasteiger partial charge in [-0.1, -0.05) is 23.7 Å². The molecule has 1 aliphatic rings. The van der Waals surface area contributed by atoms with Crippen LogP contribution in [0.15, 0.2) is 54.2 Å². The highest BCUT2D eigenvalue weighted by molar-refractivity contribution is 7.18. The molecule has 0 aliphatic carbocycles. The highest BCUT2D eigenvalue weighted by Crippen LogP contribution is 2.39. The topological polar surface area (TPSA) is 73.0 Å². The smallest absolute Gasteiger partial charge is 0.163 e. The number of pyridine rings is 1. The van der Waals surface area contributed by atoms with Gasteiger partial charge in [0.1, 0.15) is 12.1 Å². The van der Waals surface area contributed by atoms with Crippen molar-refractivity contribution in [2.24, 2.45) is 0 Å². The molecule has 0 bridgehead atoms. The number of rotatable bonds is 4. The van der Waals surface area contributed by atoms with E-state index >= 15 is 0 Å². The van der Waals surface area contributed by atoms with E-state index in [-0.39, 0.29) is 0 Å². The van der Waals surface area contributed by atoms with Gasteiger partial charge in [-0.3, -0.25) is 0 Å². The van der Waals surface area contributed by atoms with Gasteiger partial charge >= 0.3 is 0 Å². The Morgan fingerprint density at radius 1 is 1.06 bits per heavy atom. The molecule has 9 heteroatoms. The predicted molar refractivity (Wildman–Crippen MR) is 137 cm³/mol. The number of para-hydroxylation sites is 1. The Hall–Kier alpha value is -3.20. The molecule has 7 nitrogen and oxygen atoms in total. The zero-order chi connectivity index (χ0) is 22.4. The number of thiophene rings is 1. The Kier molecular flexibility index (Phi) is 5.13. The first kappa shape index (κ1) is 20.4. The SMILES string of the molecule is CN1CCN(c2ccc(Nc3nc4c(-c5nnc[nH]5)cccc4c4ccsc34)c(Cl)c2)CC1. The fraction of sp³-hybridized carbons (Fsp3) is 0.208. The molecule has 3 aromatic heterocycles. The fourth-order valence-electron chi connectivity index (χ4n) is 4.36. The lowest BCUT2D eigenvalue weighted by atomic mass is 10.1. The van der Waals surface area contributed by atoms with Gasteiger partial charge in [0.2, 0.25) is 0 Å². The van der Waals surface area contributed by atoms with Crippen molar-refractivity contribution in [3.8, 4) is 11.4 Å². The molecule has 166 valence electrons. The molecular weight excluding hydrogens is 454 g/mol. The molecule has 33 heavy (non-hydrogen) atoms. The zero-order valence-electron chi connectivity index (χ0n) is 18.0. The van der Waals surface area contributed by atoms with Crippen molar-refractivity contribution in [1.29, 1.82) is 0 Å². The van der Waals surface area contributed by atoms with Crippen molar-refractivity contribution < 1.29 is 0 Å². The molecule has 0 amide bonds. The Morgan fingerprint density at radius 3 is 2.73 bits per heavy atom. The van der Waals surface area contributed by atoms with Crippen LogP contribution in [0.5, 0.6) is 0 Å². The second kappa shape index (κ2) is 8.30. The quantitative estimate of drug-likeness (QED) is 0.363. The number of aromatic amines is 1. The largest absolute Gasteiger partial charge is 0.369 e. The monoisotopic (exact) mass is 475 g/mol. The molecule has 1 saturated heterocycles. The number of likely N-dealkylation sites (N-methyl/N-ethyl adjacent to an activating group) is 1. The Bertz CT molecular complexity index is 1440. The van der Waals surface area contributed by atoms with Gasteiger partial charge in [-0.25, -0.2) is 4.98 Å². The zero-order valence-corrected chi connectivity index (χ0v) is 19.6. The second-order valence-electron chi connectivity index (χ2n) is 8.24. The van der Waals surface area contributed by atoms with Crippen LogP contribution in [0.25, 0.3) is 32.4 Å². The van der Waals surface area contributed by atoms with E-state index in [0.29, 0.717) is 10.8 Å². The molecule has 5 aromatic rings. The lowest BCUT2D eigenvalue weighted by Crippen LogP contribution is -2.44. The highest BCUT2D eigenvalue weighted by Gasteiger charge is 2.18. The summed E-state index contributed by atoms with van der Waals surface area (Å²) >= 11 is 8.40. The summed E-state index contributed by atoms with van der Waals surface area (Å²) in [7, 11) is 2.16. The van der Waals surface area contributed by atoms with Crippen molar-refractivity contribution >= 4 is 61.1 Å². The lowest BCUT2D eigenvalue weighted by Gasteiger charge is -2.34. The fourth-order valence-corrected chi connectivity index (χ4v) is 5.43. The van der Waals surface area contributed by atoms with E-state index in [4.69, 9.17) is 16.6 Å². The number of aromatic nitrogens is 4. The maximum atomic E-state index is 6.74. The molecule has 2 aromatic carbocycles. The van der Waals surface area contributed by atoms with Gasteiger partial charge in [0.15, 0.2) is 5.82 Å². The molecule has 0 spiro atoms. The number of halogens is 1. The first-order valence-corrected chi connectivity index (χ1v) is 12.1. The summed E-state index contributed by atoms with van der Waals surface area (Å²) in [6.45, 7) is 4.13. The number of anilines is 3. The van der Waals surface area contributed by atoms with Crippen LogP contribution in [-0.4, -0.2) is 58.3 Å². The van der Waals surface area contributed by atoms with Crippen molar-refractivity contribution in [2.45, 2.75) is 0 Å². The van der Waals surface area contributed by atoms with Crippen LogP contribution in [0.3, 0.4) is 0 Å². The maximum absolute atomic E-state index is 6.74.